The Morgan fingerprint density at radius 3 is 2.72 bits per heavy atom. The van der Waals surface area contributed by atoms with E-state index in [1.807, 2.05) is 19.1 Å². The van der Waals surface area contributed by atoms with Crippen LogP contribution in [0.5, 0.6) is 0 Å². The van der Waals surface area contributed by atoms with Gasteiger partial charge in [0.25, 0.3) is 0 Å². The highest BCUT2D eigenvalue weighted by atomic mass is 16.5. The third kappa shape index (κ3) is 8.69. The molecule has 11 nitrogen and oxygen atoms in total. The second kappa shape index (κ2) is 14.3. The number of hydrogen-bond acceptors (Lipinski definition) is 8. The van der Waals surface area contributed by atoms with Gasteiger partial charge in [-0.15, -0.1) is 0 Å². The number of aliphatic imine (C=N–C) groups is 1. The molecular formula is C25H38N6O5. The van der Waals surface area contributed by atoms with E-state index in [1.165, 1.54) is 6.42 Å². The van der Waals surface area contributed by atoms with E-state index in [2.05, 4.69) is 25.5 Å². The molecule has 0 radical (unpaired) electrons. The number of ether oxygens (including phenoxy) is 1. The monoisotopic (exact) mass is 502 g/mol. The fraction of sp³-hybridized carbons (Fsp3) is 0.640. The molecule has 0 aromatic carbocycles. The van der Waals surface area contributed by atoms with Gasteiger partial charge in [-0.2, -0.15) is 0 Å². The summed E-state index contributed by atoms with van der Waals surface area (Å²) >= 11 is 0. The number of nitrogens with zero attached hydrogens (tertiary/aromatic N) is 4. The van der Waals surface area contributed by atoms with Crippen LogP contribution in [0.25, 0.3) is 0 Å². The molecule has 1 aromatic rings. The first kappa shape index (κ1) is 27.2. The summed E-state index contributed by atoms with van der Waals surface area (Å²) in [5.41, 5.74) is 0.958. The van der Waals surface area contributed by atoms with E-state index in [9.17, 15) is 19.5 Å². The molecule has 3 rings (SSSR count). The van der Waals surface area contributed by atoms with Gasteiger partial charge in [-0.05, 0) is 31.7 Å². The number of hydrogen-bond donors (Lipinski definition) is 3. The molecule has 3 heterocycles. The van der Waals surface area contributed by atoms with E-state index in [0.29, 0.717) is 32.6 Å². The Kier molecular flexibility index (Phi) is 10.8. The Balaban J connectivity index is 1.45. The third-order valence-electron chi connectivity index (χ3n) is 6.33. The minimum atomic E-state index is -1.19. The van der Waals surface area contributed by atoms with Crippen molar-refractivity contribution >= 4 is 35.3 Å². The highest BCUT2D eigenvalue weighted by Crippen LogP contribution is 2.20. The van der Waals surface area contributed by atoms with E-state index >= 15 is 0 Å². The number of nitrogens with one attached hydrogen (secondary N) is 2. The zero-order valence-electron chi connectivity index (χ0n) is 21.1. The Bertz CT molecular complexity index is 916. The lowest BCUT2D eigenvalue weighted by molar-refractivity contribution is -0.140. The summed E-state index contributed by atoms with van der Waals surface area (Å²) in [6.45, 7) is 5.38. The van der Waals surface area contributed by atoms with Gasteiger partial charge in [0.1, 0.15) is 17.7 Å². The fourth-order valence-corrected chi connectivity index (χ4v) is 4.17. The number of carboxylic acids is 1. The number of unbranched alkanes of at least 4 members (excludes halogenated alkanes) is 1. The van der Waals surface area contributed by atoms with Crippen molar-refractivity contribution in [3.8, 4) is 0 Å². The minimum absolute atomic E-state index is 0.0103. The molecular weight excluding hydrogens is 464 g/mol. The maximum atomic E-state index is 12.7. The van der Waals surface area contributed by atoms with Crippen molar-refractivity contribution in [2.24, 2.45) is 4.99 Å². The second-order valence-electron chi connectivity index (χ2n) is 9.10. The SMILES string of the molecule is CCCCOC(=O)NC(CCC(=O)N1CCN(c2cc(NC3=NCCCCC3)ccn2)CC1)C(=O)O. The molecule has 0 spiro atoms. The van der Waals surface area contributed by atoms with Gasteiger partial charge in [0.05, 0.1) is 6.61 Å². The quantitative estimate of drug-likeness (QED) is 0.416. The normalized spacial score (nSPS) is 17.0. The number of carbonyl (C=O) groups excluding carboxylic acids is 2. The number of rotatable bonds is 10. The van der Waals surface area contributed by atoms with Gasteiger partial charge < -0.3 is 30.3 Å². The largest absolute Gasteiger partial charge is 0.480 e. The van der Waals surface area contributed by atoms with Crippen LogP contribution in [0.1, 0.15) is 58.3 Å². The van der Waals surface area contributed by atoms with Crippen molar-refractivity contribution < 1.29 is 24.2 Å². The van der Waals surface area contributed by atoms with Crippen LogP contribution >= 0.6 is 0 Å². The first-order valence-corrected chi connectivity index (χ1v) is 12.9. The smallest absolute Gasteiger partial charge is 0.407 e. The van der Waals surface area contributed by atoms with Crippen molar-refractivity contribution in [2.75, 3.05) is 49.5 Å². The Labute approximate surface area is 212 Å². The van der Waals surface area contributed by atoms with Gasteiger partial charge in [0.2, 0.25) is 5.91 Å². The Morgan fingerprint density at radius 2 is 1.97 bits per heavy atom. The fourth-order valence-electron chi connectivity index (χ4n) is 4.17. The van der Waals surface area contributed by atoms with Crippen LogP contribution in [-0.4, -0.2) is 84.2 Å². The second-order valence-corrected chi connectivity index (χ2v) is 9.10. The molecule has 2 amide bonds. The Morgan fingerprint density at radius 1 is 1.17 bits per heavy atom. The zero-order chi connectivity index (χ0) is 25.8. The molecule has 0 aliphatic carbocycles. The van der Waals surface area contributed by atoms with Crippen LogP contribution in [0.2, 0.25) is 0 Å². The van der Waals surface area contributed by atoms with E-state index in [-0.39, 0.29) is 25.4 Å². The summed E-state index contributed by atoms with van der Waals surface area (Å²) in [4.78, 5) is 49.0. The number of anilines is 2. The summed E-state index contributed by atoms with van der Waals surface area (Å²) in [6, 6.07) is 2.78. The molecule has 0 bridgehead atoms. The van der Waals surface area contributed by atoms with Gasteiger partial charge in [-0.25, -0.2) is 14.6 Å². The number of pyridine rings is 1. The lowest BCUT2D eigenvalue weighted by atomic mass is 10.1. The number of carboxylic acid groups (broad SMARTS) is 1. The molecule has 1 atom stereocenters. The lowest BCUT2D eigenvalue weighted by Gasteiger charge is -2.35. The average molecular weight is 503 g/mol. The first-order chi connectivity index (χ1) is 17.5. The number of amides is 2. The Hall–Kier alpha value is -3.37. The van der Waals surface area contributed by atoms with E-state index in [0.717, 1.165) is 49.6 Å². The molecule has 1 unspecified atom stereocenters. The number of piperazine rings is 1. The van der Waals surface area contributed by atoms with Crippen LogP contribution in [0.3, 0.4) is 0 Å². The van der Waals surface area contributed by atoms with Gasteiger partial charge in [0.15, 0.2) is 0 Å². The summed E-state index contributed by atoms with van der Waals surface area (Å²) in [5.74, 6) is 0.549. The minimum Gasteiger partial charge on any atom is -0.480 e. The molecule has 3 N–H and O–H groups in total. The topological polar surface area (TPSA) is 136 Å². The van der Waals surface area contributed by atoms with E-state index < -0.39 is 18.1 Å². The standard InChI is InChI=1S/C25H38N6O5/c1-2-3-17-36-25(35)29-20(24(33)34)8-9-23(32)31-15-13-30(14-16-31)22-18-19(10-12-27-22)28-21-7-5-4-6-11-26-21/h10,12,18,20H,2-9,11,13-17H2,1H3,(H,29,35)(H,33,34)(H,26,27,28). The third-order valence-corrected chi connectivity index (χ3v) is 6.33. The number of amidine groups is 1. The van der Waals surface area contributed by atoms with Crippen molar-refractivity contribution in [3.63, 3.8) is 0 Å². The van der Waals surface area contributed by atoms with Crippen LogP contribution in [-0.2, 0) is 14.3 Å². The first-order valence-electron chi connectivity index (χ1n) is 12.9. The number of alkyl carbamates (subject to hydrolysis) is 1. The zero-order valence-corrected chi connectivity index (χ0v) is 21.1. The van der Waals surface area contributed by atoms with Crippen LogP contribution < -0.4 is 15.5 Å². The van der Waals surface area contributed by atoms with Crippen molar-refractivity contribution in [1.29, 1.82) is 0 Å². The van der Waals surface area contributed by atoms with E-state index in [1.54, 1.807) is 11.1 Å². The maximum Gasteiger partial charge on any atom is 0.407 e. The molecule has 1 aromatic heterocycles. The van der Waals surface area contributed by atoms with Crippen molar-refractivity contribution in [3.05, 3.63) is 18.3 Å². The average Bonchev–Trinajstić information content (AvgIpc) is 3.15. The number of carbonyl (C=O) groups is 3. The van der Waals surface area contributed by atoms with Crippen molar-refractivity contribution in [2.45, 2.75) is 64.3 Å². The molecule has 1 fully saturated rings. The summed E-state index contributed by atoms with van der Waals surface area (Å²) in [6.07, 6.45) is 7.07. The predicted octanol–water partition coefficient (Wildman–Crippen LogP) is 2.87. The van der Waals surface area contributed by atoms with E-state index in [4.69, 9.17) is 4.74 Å². The molecule has 2 aliphatic rings. The summed E-state index contributed by atoms with van der Waals surface area (Å²) in [5, 5.41) is 15.2. The van der Waals surface area contributed by atoms with Gasteiger partial charge in [-0.1, -0.05) is 19.8 Å². The van der Waals surface area contributed by atoms with Gasteiger partial charge in [-0.3, -0.25) is 9.79 Å². The summed E-state index contributed by atoms with van der Waals surface area (Å²) in [7, 11) is 0. The summed E-state index contributed by atoms with van der Waals surface area (Å²) < 4.78 is 4.97. The molecule has 36 heavy (non-hydrogen) atoms. The highest BCUT2D eigenvalue weighted by Gasteiger charge is 2.26. The van der Waals surface area contributed by atoms with Crippen LogP contribution in [0.4, 0.5) is 16.3 Å². The maximum absolute atomic E-state index is 12.7. The number of aromatic nitrogens is 1. The van der Waals surface area contributed by atoms with Gasteiger partial charge >= 0.3 is 12.1 Å². The number of aliphatic carboxylic acids is 1. The molecule has 0 saturated carbocycles. The van der Waals surface area contributed by atoms with Gasteiger partial charge in [0, 0.05) is 63.5 Å². The highest BCUT2D eigenvalue weighted by molar-refractivity contribution is 5.95. The predicted molar refractivity (Wildman–Crippen MR) is 137 cm³/mol. The molecule has 2 aliphatic heterocycles. The molecule has 1 saturated heterocycles. The molecule has 198 valence electrons. The lowest BCUT2D eigenvalue weighted by Crippen LogP contribution is -2.49. The van der Waals surface area contributed by atoms with Crippen LogP contribution in [0.15, 0.2) is 23.3 Å². The van der Waals surface area contributed by atoms with Crippen LogP contribution in [0, 0.1) is 0 Å². The molecule has 11 heteroatoms. The van der Waals surface area contributed by atoms with Crippen molar-refractivity contribution in [1.82, 2.24) is 15.2 Å².